The largest absolute Gasteiger partial charge is 0.398 e. The summed E-state index contributed by atoms with van der Waals surface area (Å²) in [4.78, 5) is 4.14. The van der Waals surface area contributed by atoms with Gasteiger partial charge in [-0.15, -0.1) is 0 Å². The molecule has 2 heterocycles. The van der Waals surface area contributed by atoms with Crippen LogP contribution in [0.3, 0.4) is 0 Å². The summed E-state index contributed by atoms with van der Waals surface area (Å²) < 4.78 is 0. The number of rotatable bonds is 3. The van der Waals surface area contributed by atoms with Crippen molar-refractivity contribution < 1.29 is 0 Å². The van der Waals surface area contributed by atoms with E-state index in [2.05, 4.69) is 34.1 Å². The van der Waals surface area contributed by atoms with E-state index in [0.29, 0.717) is 0 Å². The average molecular weight is 269 g/mol. The number of nitrogens with one attached hydrogen (secondary N) is 1. The Kier molecular flexibility index (Phi) is 3.09. The van der Waals surface area contributed by atoms with Crippen LogP contribution in [0, 0.1) is 0 Å². The lowest BCUT2D eigenvalue weighted by molar-refractivity contribution is 0.893. The lowest BCUT2D eigenvalue weighted by Gasteiger charge is -2.16. The molecule has 3 aromatic rings. The van der Waals surface area contributed by atoms with Gasteiger partial charge in [0.15, 0.2) is 0 Å². The van der Waals surface area contributed by atoms with E-state index in [1.165, 1.54) is 5.56 Å². The average Bonchev–Trinajstić information content (AvgIpc) is 2.96. The summed E-state index contributed by atoms with van der Waals surface area (Å²) in [6, 6.07) is 8.36. The van der Waals surface area contributed by atoms with Gasteiger partial charge in [0.25, 0.3) is 0 Å². The maximum absolute atomic E-state index is 5.98. The van der Waals surface area contributed by atoms with Gasteiger partial charge in [0, 0.05) is 40.6 Å². The van der Waals surface area contributed by atoms with Crippen molar-refractivity contribution >= 4 is 33.5 Å². The topological polar surface area (TPSA) is 50.9 Å². The van der Waals surface area contributed by atoms with Crippen LogP contribution in [-0.2, 0) is 0 Å². The number of benzene rings is 1. The van der Waals surface area contributed by atoms with Crippen LogP contribution < -0.4 is 11.1 Å². The third-order valence-corrected chi connectivity index (χ3v) is 3.97. The smallest absolute Gasteiger partial charge is 0.0494 e. The number of aromatic nitrogens is 1. The van der Waals surface area contributed by atoms with Crippen molar-refractivity contribution in [2.24, 2.45) is 0 Å². The number of hydrogen-bond donors (Lipinski definition) is 2. The molecule has 0 aliphatic heterocycles. The number of fused-ring (bicyclic) bond motifs is 1. The molecule has 1 atom stereocenters. The SMILES string of the molecule is CC(Nc1ccc(N)c2cnccc12)c1ccsc1. The van der Waals surface area contributed by atoms with Crippen molar-refractivity contribution in [3.8, 4) is 0 Å². The van der Waals surface area contributed by atoms with Gasteiger partial charge in [0.1, 0.15) is 0 Å². The van der Waals surface area contributed by atoms with Crippen molar-refractivity contribution in [2.45, 2.75) is 13.0 Å². The second kappa shape index (κ2) is 4.90. The maximum atomic E-state index is 5.98. The molecular formula is C15H15N3S. The number of nitrogens with zero attached hydrogens (tertiary/aromatic N) is 1. The molecule has 3 nitrogen and oxygen atoms in total. The van der Waals surface area contributed by atoms with E-state index < -0.39 is 0 Å². The first-order valence-electron chi connectivity index (χ1n) is 6.16. The number of hydrogen-bond acceptors (Lipinski definition) is 4. The molecule has 1 aromatic carbocycles. The van der Waals surface area contributed by atoms with Gasteiger partial charge in [-0.2, -0.15) is 11.3 Å². The zero-order valence-corrected chi connectivity index (χ0v) is 11.4. The van der Waals surface area contributed by atoms with Gasteiger partial charge in [0.05, 0.1) is 0 Å². The first-order chi connectivity index (χ1) is 9.25. The Morgan fingerprint density at radius 1 is 1.21 bits per heavy atom. The molecule has 0 aliphatic carbocycles. The Hall–Kier alpha value is -2.07. The summed E-state index contributed by atoms with van der Waals surface area (Å²) in [5.41, 5.74) is 9.13. The van der Waals surface area contributed by atoms with Gasteiger partial charge in [-0.05, 0) is 47.5 Å². The molecule has 0 bridgehead atoms. The monoisotopic (exact) mass is 269 g/mol. The standard InChI is InChI=1S/C15H15N3S/c1-10(11-5-7-19-9-11)18-15-3-2-14(16)13-8-17-6-4-12(13)15/h2-10,18H,16H2,1H3. The van der Waals surface area contributed by atoms with Gasteiger partial charge in [0.2, 0.25) is 0 Å². The fraction of sp³-hybridized carbons (Fsp3) is 0.133. The molecule has 0 amide bonds. The van der Waals surface area contributed by atoms with E-state index >= 15 is 0 Å². The lowest BCUT2D eigenvalue weighted by Crippen LogP contribution is -2.06. The number of pyridine rings is 1. The van der Waals surface area contributed by atoms with E-state index in [1.807, 2.05) is 24.4 Å². The first kappa shape index (κ1) is 12.0. The summed E-state index contributed by atoms with van der Waals surface area (Å²) in [5.74, 6) is 0. The van der Waals surface area contributed by atoms with Crippen molar-refractivity contribution in [1.82, 2.24) is 4.98 Å². The summed E-state index contributed by atoms with van der Waals surface area (Å²) in [5, 5.41) is 9.90. The number of nitrogen functional groups attached to an aromatic ring is 1. The van der Waals surface area contributed by atoms with Gasteiger partial charge < -0.3 is 11.1 Å². The summed E-state index contributed by atoms with van der Waals surface area (Å²) in [7, 11) is 0. The summed E-state index contributed by atoms with van der Waals surface area (Å²) >= 11 is 1.71. The molecule has 3 rings (SSSR count). The molecule has 4 heteroatoms. The first-order valence-corrected chi connectivity index (χ1v) is 7.11. The molecule has 0 fully saturated rings. The molecule has 0 saturated heterocycles. The highest BCUT2D eigenvalue weighted by Crippen LogP contribution is 2.30. The van der Waals surface area contributed by atoms with Crippen LogP contribution in [0.4, 0.5) is 11.4 Å². The molecule has 1 unspecified atom stereocenters. The van der Waals surface area contributed by atoms with E-state index in [0.717, 1.165) is 22.1 Å². The molecular weight excluding hydrogens is 254 g/mol. The maximum Gasteiger partial charge on any atom is 0.0494 e. The van der Waals surface area contributed by atoms with Crippen LogP contribution in [0.5, 0.6) is 0 Å². The summed E-state index contributed by atoms with van der Waals surface area (Å²) in [6.07, 6.45) is 3.60. The van der Waals surface area contributed by atoms with Crippen molar-refractivity contribution in [2.75, 3.05) is 11.1 Å². The number of anilines is 2. The molecule has 0 radical (unpaired) electrons. The third-order valence-electron chi connectivity index (χ3n) is 3.27. The Morgan fingerprint density at radius 2 is 2.11 bits per heavy atom. The second-order valence-corrected chi connectivity index (χ2v) is 5.33. The number of nitrogens with two attached hydrogens (primary N) is 1. The molecule has 2 aromatic heterocycles. The van der Waals surface area contributed by atoms with Crippen LogP contribution in [0.15, 0.2) is 47.4 Å². The lowest BCUT2D eigenvalue weighted by atomic mass is 10.1. The Morgan fingerprint density at radius 3 is 2.89 bits per heavy atom. The summed E-state index contributed by atoms with van der Waals surface area (Å²) in [6.45, 7) is 2.16. The van der Waals surface area contributed by atoms with E-state index in [9.17, 15) is 0 Å². The van der Waals surface area contributed by atoms with E-state index in [1.54, 1.807) is 17.5 Å². The van der Waals surface area contributed by atoms with Crippen LogP contribution >= 0.6 is 11.3 Å². The molecule has 0 aliphatic rings. The minimum atomic E-state index is 0.270. The Balaban J connectivity index is 2.00. The fourth-order valence-corrected chi connectivity index (χ4v) is 2.93. The van der Waals surface area contributed by atoms with Crippen molar-refractivity contribution in [3.63, 3.8) is 0 Å². The molecule has 96 valence electrons. The minimum absolute atomic E-state index is 0.270. The zero-order chi connectivity index (χ0) is 13.2. The number of thiophene rings is 1. The van der Waals surface area contributed by atoms with Crippen LogP contribution in [-0.4, -0.2) is 4.98 Å². The second-order valence-electron chi connectivity index (χ2n) is 4.55. The Labute approximate surface area is 116 Å². The quantitative estimate of drug-likeness (QED) is 0.705. The highest BCUT2D eigenvalue weighted by atomic mass is 32.1. The molecule has 19 heavy (non-hydrogen) atoms. The highest BCUT2D eigenvalue weighted by molar-refractivity contribution is 7.08. The van der Waals surface area contributed by atoms with Crippen LogP contribution in [0.25, 0.3) is 10.8 Å². The predicted molar refractivity (Wildman–Crippen MR) is 82.5 cm³/mol. The van der Waals surface area contributed by atoms with Crippen LogP contribution in [0.2, 0.25) is 0 Å². The fourth-order valence-electron chi connectivity index (χ4n) is 2.18. The van der Waals surface area contributed by atoms with Gasteiger partial charge in [-0.1, -0.05) is 0 Å². The van der Waals surface area contributed by atoms with Crippen molar-refractivity contribution in [3.05, 3.63) is 53.0 Å². The third kappa shape index (κ3) is 2.27. The van der Waals surface area contributed by atoms with Gasteiger partial charge in [-0.25, -0.2) is 0 Å². The van der Waals surface area contributed by atoms with Gasteiger partial charge >= 0.3 is 0 Å². The Bertz CT molecular complexity index is 692. The van der Waals surface area contributed by atoms with E-state index in [4.69, 9.17) is 5.73 Å². The molecule has 0 spiro atoms. The van der Waals surface area contributed by atoms with Gasteiger partial charge in [-0.3, -0.25) is 4.98 Å². The highest BCUT2D eigenvalue weighted by Gasteiger charge is 2.09. The normalized spacial score (nSPS) is 12.5. The minimum Gasteiger partial charge on any atom is -0.398 e. The van der Waals surface area contributed by atoms with Crippen LogP contribution in [0.1, 0.15) is 18.5 Å². The zero-order valence-electron chi connectivity index (χ0n) is 10.6. The van der Waals surface area contributed by atoms with E-state index in [-0.39, 0.29) is 6.04 Å². The molecule has 0 saturated carbocycles. The van der Waals surface area contributed by atoms with Crippen molar-refractivity contribution in [1.29, 1.82) is 0 Å². The molecule has 3 N–H and O–H groups in total. The predicted octanol–water partition coefficient (Wildman–Crippen LogP) is 4.05.